The van der Waals surface area contributed by atoms with Crippen LogP contribution in [0.2, 0.25) is 0 Å². The smallest absolute Gasteiger partial charge is 0.0312 e. The standard InChI is InChI=1S/C39H62/c1-21-9-6-10-22(2)32(21)37-30-19-25-12-4-5-13-26(25)20-31(30)38-33-23(3)11-7-15-27(33)28-18-17-24-14-8-16-29-34(24)35(28)39(38)36(29)37/h21-39H,4-20H2,1-3H3. The molecule has 18 unspecified atom stereocenters. The van der Waals surface area contributed by atoms with Crippen molar-refractivity contribution in [1.82, 2.24) is 0 Å². The third kappa shape index (κ3) is 3.54. The second kappa shape index (κ2) is 9.50. The number of hydrogen-bond acceptors (Lipinski definition) is 0. The van der Waals surface area contributed by atoms with Crippen LogP contribution in [0.1, 0.15) is 130 Å². The van der Waals surface area contributed by atoms with E-state index in [1.54, 1.807) is 103 Å². The van der Waals surface area contributed by atoms with Crippen molar-refractivity contribution in [2.45, 2.75) is 130 Å². The van der Waals surface area contributed by atoms with Crippen molar-refractivity contribution in [3.8, 4) is 0 Å². The predicted octanol–water partition coefficient (Wildman–Crippen LogP) is 10.5. The molecule has 0 saturated heterocycles. The topological polar surface area (TPSA) is 0 Å². The van der Waals surface area contributed by atoms with Crippen LogP contribution in [0.5, 0.6) is 0 Å². The largest absolute Gasteiger partial charge is 0.0622 e. The van der Waals surface area contributed by atoms with Crippen LogP contribution in [0.4, 0.5) is 0 Å². The molecule has 0 bridgehead atoms. The Hall–Kier alpha value is 0. The molecule has 0 heterocycles. The van der Waals surface area contributed by atoms with E-state index in [1.165, 1.54) is 24.2 Å². The molecule has 9 aliphatic carbocycles. The van der Waals surface area contributed by atoms with Gasteiger partial charge in [-0.05, 0) is 151 Å². The second-order valence-electron chi connectivity index (χ2n) is 18.3. The first kappa shape index (κ1) is 25.5. The van der Waals surface area contributed by atoms with E-state index in [-0.39, 0.29) is 0 Å². The van der Waals surface area contributed by atoms with Crippen LogP contribution in [0, 0.1) is 112 Å². The van der Waals surface area contributed by atoms with E-state index < -0.39 is 0 Å². The molecule has 0 radical (unpaired) electrons. The molecule has 218 valence electrons. The van der Waals surface area contributed by atoms with E-state index in [1.807, 2.05) is 0 Å². The summed E-state index contributed by atoms with van der Waals surface area (Å²) in [6.45, 7) is 8.28. The minimum absolute atomic E-state index is 1.00. The van der Waals surface area contributed by atoms with Gasteiger partial charge in [-0.1, -0.05) is 91.4 Å². The van der Waals surface area contributed by atoms with Crippen LogP contribution in [-0.4, -0.2) is 0 Å². The lowest BCUT2D eigenvalue weighted by Crippen LogP contribution is -2.61. The van der Waals surface area contributed by atoms with Crippen LogP contribution >= 0.6 is 0 Å². The molecular weight excluding hydrogens is 468 g/mol. The molecule has 9 rings (SSSR count). The first-order chi connectivity index (χ1) is 19.1. The lowest BCUT2D eigenvalue weighted by Gasteiger charge is -2.67. The van der Waals surface area contributed by atoms with Gasteiger partial charge in [-0.25, -0.2) is 0 Å². The quantitative estimate of drug-likeness (QED) is 0.316. The van der Waals surface area contributed by atoms with Gasteiger partial charge in [-0.3, -0.25) is 0 Å². The zero-order valence-corrected chi connectivity index (χ0v) is 26.0. The van der Waals surface area contributed by atoms with Gasteiger partial charge < -0.3 is 0 Å². The molecule has 0 N–H and O–H groups in total. The summed E-state index contributed by atoms with van der Waals surface area (Å²) in [4.78, 5) is 0. The molecule has 9 aliphatic rings. The summed E-state index contributed by atoms with van der Waals surface area (Å²) in [7, 11) is 0. The highest BCUT2D eigenvalue weighted by Gasteiger charge is 2.71. The Morgan fingerprint density at radius 3 is 1.49 bits per heavy atom. The Kier molecular flexibility index (Phi) is 6.21. The highest BCUT2D eigenvalue weighted by molar-refractivity contribution is 5.19. The van der Waals surface area contributed by atoms with E-state index in [0.29, 0.717) is 0 Å². The lowest BCUT2D eigenvalue weighted by atomic mass is 9.38. The van der Waals surface area contributed by atoms with Crippen LogP contribution in [0.15, 0.2) is 0 Å². The molecule has 0 heteroatoms. The molecule has 0 nitrogen and oxygen atoms in total. The van der Waals surface area contributed by atoms with Crippen molar-refractivity contribution >= 4 is 0 Å². The second-order valence-corrected chi connectivity index (χ2v) is 18.3. The minimum Gasteiger partial charge on any atom is -0.0622 e. The molecular formula is C39H62. The lowest BCUT2D eigenvalue weighted by molar-refractivity contribution is -0.189. The van der Waals surface area contributed by atoms with Crippen molar-refractivity contribution in [1.29, 1.82) is 0 Å². The molecule has 0 aromatic heterocycles. The van der Waals surface area contributed by atoms with E-state index >= 15 is 0 Å². The van der Waals surface area contributed by atoms with Crippen LogP contribution in [0.3, 0.4) is 0 Å². The Bertz CT molecular complexity index is 909. The summed E-state index contributed by atoms with van der Waals surface area (Å²) in [6.07, 6.45) is 27.3. The normalized spacial score (nSPS) is 63.3. The van der Waals surface area contributed by atoms with Gasteiger partial charge in [-0.15, -0.1) is 0 Å². The van der Waals surface area contributed by atoms with Gasteiger partial charge in [0.15, 0.2) is 0 Å². The first-order valence-corrected chi connectivity index (χ1v) is 19.1. The predicted molar refractivity (Wildman–Crippen MR) is 162 cm³/mol. The molecule has 0 spiro atoms. The monoisotopic (exact) mass is 530 g/mol. The number of hydrogen-bond donors (Lipinski definition) is 0. The summed E-state index contributed by atoms with van der Waals surface area (Å²) < 4.78 is 0. The summed E-state index contributed by atoms with van der Waals surface area (Å²) >= 11 is 0. The van der Waals surface area contributed by atoms with Gasteiger partial charge in [0.1, 0.15) is 0 Å². The molecule has 0 amide bonds. The van der Waals surface area contributed by atoms with Gasteiger partial charge >= 0.3 is 0 Å². The number of rotatable bonds is 1. The minimum atomic E-state index is 1.00. The summed E-state index contributed by atoms with van der Waals surface area (Å²) in [6, 6.07) is 0. The van der Waals surface area contributed by atoms with Gasteiger partial charge in [0.25, 0.3) is 0 Å². The third-order valence-corrected chi connectivity index (χ3v) is 17.4. The molecule has 18 atom stereocenters. The zero-order chi connectivity index (χ0) is 26.0. The summed E-state index contributed by atoms with van der Waals surface area (Å²) in [5.41, 5.74) is 0. The number of fused-ring (bicyclic) bond motifs is 7. The maximum atomic E-state index is 2.78. The van der Waals surface area contributed by atoms with E-state index in [0.717, 1.165) is 94.7 Å². The summed E-state index contributed by atoms with van der Waals surface area (Å²) in [5.74, 6) is 21.2. The van der Waals surface area contributed by atoms with Crippen molar-refractivity contribution in [2.24, 2.45) is 112 Å². The van der Waals surface area contributed by atoms with E-state index in [4.69, 9.17) is 0 Å². The Balaban J connectivity index is 1.22. The molecule has 9 saturated carbocycles. The fourth-order valence-electron chi connectivity index (χ4n) is 16.9. The van der Waals surface area contributed by atoms with E-state index in [2.05, 4.69) is 20.8 Å². The first-order valence-electron chi connectivity index (χ1n) is 19.1. The molecule has 39 heavy (non-hydrogen) atoms. The van der Waals surface area contributed by atoms with Crippen LogP contribution in [-0.2, 0) is 0 Å². The molecule has 9 fully saturated rings. The zero-order valence-electron chi connectivity index (χ0n) is 26.0. The highest BCUT2D eigenvalue weighted by atomic mass is 14.8. The van der Waals surface area contributed by atoms with Crippen molar-refractivity contribution in [2.75, 3.05) is 0 Å². The van der Waals surface area contributed by atoms with Gasteiger partial charge in [0.05, 0.1) is 0 Å². The van der Waals surface area contributed by atoms with Crippen LogP contribution in [0.25, 0.3) is 0 Å². The Morgan fingerprint density at radius 2 is 0.769 bits per heavy atom. The SMILES string of the molecule is CC1CCCC(C)C1C1C2CC3CCCCC3CC2C2C3C(C)CCCC3C3CCC4CCCC5C4C3C2C51. The fraction of sp³-hybridized carbons (Fsp3) is 1.00. The van der Waals surface area contributed by atoms with Gasteiger partial charge in [0, 0.05) is 0 Å². The summed E-state index contributed by atoms with van der Waals surface area (Å²) in [5, 5.41) is 0. The van der Waals surface area contributed by atoms with Crippen molar-refractivity contribution in [3.05, 3.63) is 0 Å². The average Bonchev–Trinajstić information content (AvgIpc) is 3.29. The van der Waals surface area contributed by atoms with Crippen molar-refractivity contribution < 1.29 is 0 Å². The molecule has 0 aromatic rings. The fourth-order valence-corrected chi connectivity index (χ4v) is 16.9. The molecule has 0 aliphatic heterocycles. The van der Waals surface area contributed by atoms with Crippen LogP contribution < -0.4 is 0 Å². The van der Waals surface area contributed by atoms with Crippen molar-refractivity contribution in [3.63, 3.8) is 0 Å². The molecule has 0 aromatic carbocycles. The highest BCUT2D eigenvalue weighted by Crippen LogP contribution is 2.77. The van der Waals surface area contributed by atoms with Gasteiger partial charge in [0.2, 0.25) is 0 Å². The average molecular weight is 531 g/mol. The Morgan fingerprint density at radius 1 is 0.282 bits per heavy atom. The maximum Gasteiger partial charge on any atom is -0.0312 e. The van der Waals surface area contributed by atoms with Gasteiger partial charge in [-0.2, -0.15) is 0 Å². The Labute approximate surface area is 242 Å². The maximum absolute atomic E-state index is 2.78. The third-order valence-electron chi connectivity index (χ3n) is 17.4. The van der Waals surface area contributed by atoms with E-state index in [9.17, 15) is 0 Å².